The fraction of sp³-hybridized carbons (Fsp3) is 0.381. The smallest absolute Gasteiger partial charge is 0.224 e. The number of benzene rings is 2. The first-order chi connectivity index (χ1) is 12.0. The Bertz CT molecular complexity index is 661. The Balaban J connectivity index is 0.00000338. The van der Waals surface area contributed by atoms with E-state index >= 15 is 0 Å². The van der Waals surface area contributed by atoms with Gasteiger partial charge in [0, 0.05) is 12.1 Å². The van der Waals surface area contributed by atoms with E-state index in [1.807, 2.05) is 56.3 Å². The lowest BCUT2D eigenvalue weighted by Crippen LogP contribution is -2.40. The van der Waals surface area contributed by atoms with Crippen LogP contribution in [0, 0.1) is 5.92 Å². The van der Waals surface area contributed by atoms with Gasteiger partial charge in [-0.1, -0.05) is 49.4 Å². The first-order valence-corrected chi connectivity index (χ1v) is 8.75. The predicted molar refractivity (Wildman–Crippen MR) is 109 cm³/mol. The van der Waals surface area contributed by atoms with E-state index < -0.39 is 0 Å². The SMILES string of the molecule is COc1ccc(CCC(C)NC(=O)C(C)C(N)c2ccccc2)cc1.Cl. The monoisotopic (exact) mass is 376 g/mol. The van der Waals surface area contributed by atoms with Crippen LogP contribution in [0.1, 0.15) is 37.4 Å². The molecule has 3 N–H and O–H groups in total. The zero-order valence-corrected chi connectivity index (χ0v) is 16.5. The van der Waals surface area contributed by atoms with Gasteiger partial charge in [-0.3, -0.25) is 4.79 Å². The Morgan fingerprint density at radius 1 is 1.08 bits per heavy atom. The molecule has 0 aliphatic carbocycles. The van der Waals surface area contributed by atoms with Gasteiger partial charge >= 0.3 is 0 Å². The summed E-state index contributed by atoms with van der Waals surface area (Å²) in [4.78, 5) is 12.5. The number of nitrogens with two attached hydrogens (primary N) is 1. The minimum Gasteiger partial charge on any atom is -0.497 e. The van der Waals surface area contributed by atoms with E-state index in [1.54, 1.807) is 7.11 Å². The van der Waals surface area contributed by atoms with Crippen molar-refractivity contribution in [3.63, 3.8) is 0 Å². The lowest BCUT2D eigenvalue weighted by atomic mass is 9.94. The summed E-state index contributed by atoms with van der Waals surface area (Å²) in [5.41, 5.74) is 8.45. The Labute approximate surface area is 162 Å². The van der Waals surface area contributed by atoms with E-state index in [2.05, 4.69) is 17.4 Å². The van der Waals surface area contributed by atoms with E-state index in [0.29, 0.717) is 0 Å². The Morgan fingerprint density at radius 2 is 1.69 bits per heavy atom. The first kappa shape index (κ1) is 22.0. The number of hydrogen-bond donors (Lipinski definition) is 2. The molecule has 0 saturated carbocycles. The topological polar surface area (TPSA) is 64.3 Å². The second-order valence-electron chi connectivity index (χ2n) is 6.52. The van der Waals surface area contributed by atoms with E-state index in [4.69, 9.17) is 10.5 Å². The summed E-state index contributed by atoms with van der Waals surface area (Å²) < 4.78 is 5.16. The van der Waals surface area contributed by atoms with Crippen molar-refractivity contribution in [2.24, 2.45) is 11.7 Å². The summed E-state index contributed by atoms with van der Waals surface area (Å²) in [5.74, 6) is 0.582. The standard InChI is InChI=1S/C21H28N2O2.ClH/c1-15(9-10-17-11-13-19(25-3)14-12-17)23-21(24)16(2)20(22)18-7-5-4-6-8-18;/h4-8,11-16,20H,9-10,22H2,1-3H3,(H,23,24);1H. The number of amides is 1. The van der Waals surface area contributed by atoms with Crippen molar-refractivity contribution in [3.8, 4) is 5.75 Å². The van der Waals surface area contributed by atoms with Crippen molar-refractivity contribution in [1.82, 2.24) is 5.32 Å². The van der Waals surface area contributed by atoms with Gasteiger partial charge in [0.1, 0.15) is 5.75 Å². The highest BCUT2D eigenvalue weighted by Crippen LogP contribution is 2.19. The molecule has 0 heterocycles. The maximum atomic E-state index is 12.5. The molecular weight excluding hydrogens is 348 g/mol. The molecule has 2 aromatic rings. The van der Waals surface area contributed by atoms with Gasteiger partial charge in [0.05, 0.1) is 13.0 Å². The molecule has 0 radical (unpaired) electrons. The van der Waals surface area contributed by atoms with Gasteiger partial charge in [0.15, 0.2) is 0 Å². The maximum Gasteiger partial charge on any atom is 0.224 e. The number of nitrogens with one attached hydrogen (secondary N) is 1. The third-order valence-electron chi connectivity index (χ3n) is 4.55. The van der Waals surface area contributed by atoms with E-state index in [0.717, 1.165) is 24.2 Å². The predicted octanol–water partition coefficient (Wildman–Crippen LogP) is 3.89. The minimum absolute atomic E-state index is 0. The second kappa shape index (κ2) is 10.8. The largest absolute Gasteiger partial charge is 0.497 e. The van der Waals surface area contributed by atoms with Crippen LogP contribution in [0.5, 0.6) is 5.75 Å². The third kappa shape index (κ3) is 6.36. The summed E-state index contributed by atoms with van der Waals surface area (Å²) in [6.07, 6.45) is 1.79. The lowest BCUT2D eigenvalue weighted by molar-refractivity contribution is -0.125. The van der Waals surface area contributed by atoms with Gasteiger partial charge < -0.3 is 15.8 Å². The van der Waals surface area contributed by atoms with Crippen molar-refractivity contribution >= 4 is 18.3 Å². The van der Waals surface area contributed by atoms with Crippen LogP contribution in [-0.4, -0.2) is 19.1 Å². The molecule has 4 nitrogen and oxygen atoms in total. The highest BCUT2D eigenvalue weighted by atomic mass is 35.5. The highest BCUT2D eigenvalue weighted by Gasteiger charge is 2.23. The maximum absolute atomic E-state index is 12.5. The summed E-state index contributed by atoms with van der Waals surface area (Å²) >= 11 is 0. The number of rotatable bonds is 8. The van der Waals surface area contributed by atoms with Crippen molar-refractivity contribution in [3.05, 3.63) is 65.7 Å². The van der Waals surface area contributed by atoms with Crippen LogP contribution < -0.4 is 15.8 Å². The van der Waals surface area contributed by atoms with Crippen molar-refractivity contribution in [2.75, 3.05) is 7.11 Å². The van der Waals surface area contributed by atoms with Gasteiger partial charge in [-0.05, 0) is 43.0 Å². The number of aryl methyl sites for hydroxylation is 1. The van der Waals surface area contributed by atoms with Gasteiger partial charge in [0.2, 0.25) is 5.91 Å². The van der Waals surface area contributed by atoms with Crippen LogP contribution >= 0.6 is 12.4 Å². The van der Waals surface area contributed by atoms with Crippen LogP contribution in [-0.2, 0) is 11.2 Å². The number of carbonyl (C=O) groups excluding carboxylic acids is 1. The van der Waals surface area contributed by atoms with Gasteiger partial charge in [-0.25, -0.2) is 0 Å². The molecule has 26 heavy (non-hydrogen) atoms. The Morgan fingerprint density at radius 3 is 2.27 bits per heavy atom. The normalized spacial score (nSPS) is 13.8. The van der Waals surface area contributed by atoms with Gasteiger partial charge in [-0.2, -0.15) is 0 Å². The third-order valence-corrected chi connectivity index (χ3v) is 4.55. The Hall–Kier alpha value is -2.04. The molecule has 5 heteroatoms. The highest BCUT2D eigenvalue weighted by molar-refractivity contribution is 5.85. The molecule has 0 aliphatic heterocycles. The summed E-state index contributed by atoms with van der Waals surface area (Å²) in [5, 5.41) is 3.08. The van der Waals surface area contributed by atoms with Crippen molar-refractivity contribution in [2.45, 2.75) is 38.8 Å². The zero-order chi connectivity index (χ0) is 18.2. The van der Waals surface area contributed by atoms with Crippen LogP contribution in [0.4, 0.5) is 0 Å². The molecule has 0 aliphatic rings. The van der Waals surface area contributed by atoms with Crippen LogP contribution in [0.3, 0.4) is 0 Å². The van der Waals surface area contributed by atoms with Gasteiger partial charge in [-0.15, -0.1) is 12.4 Å². The summed E-state index contributed by atoms with van der Waals surface area (Å²) in [6.45, 7) is 3.91. The molecule has 0 bridgehead atoms. The molecule has 0 aromatic heterocycles. The molecule has 0 saturated heterocycles. The minimum atomic E-state index is -0.296. The molecule has 2 rings (SSSR count). The molecule has 3 unspecified atom stereocenters. The number of hydrogen-bond acceptors (Lipinski definition) is 3. The first-order valence-electron chi connectivity index (χ1n) is 8.75. The van der Waals surface area contributed by atoms with Gasteiger partial charge in [0.25, 0.3) is 0 Å². The average molecular weight is 377 g/mol. The van der Waals surface area contributed by atoms with Crippen LogP contribution in [0.15, 0.2) is 54.6 Å². The number of ether oxygens (including phenoxy) is 1. The number of halogens is 1. The Kier molecular flexibility index (Phi) is 9.17. The average Bonchev–Trinajstić information content (AvgIpc) is 2.66. The van der Waals surface area contributed by atoms with E-state index in [1.165, 1.54) is 5.56 Å². The summed E-state index contributed by atoms with van der Waals surface area (Å²) in [6, 6.07) is 17.6. The van der Waals surface area contributed by atoms with Crippen LogP contribution in [0.25, 0.3) is 0 Å². The van der Waals surface area contributed by atoms with E-state index in [9.17, 15) is 4.79 Å². The molecule has 0 fully saturated rings. The molecule has 2 aromatic carbocycles. The summed E-state index contributed by atoms with van der Waals surface area (Å²) in [7, 11) is 1.66. The molecular formula is C21H29ClN2O2. The second-order valence-corrected chi connectivity index (χ2v) is 6.52. The van der Waals surface area contributed by atoms with Crippen LogP contribution in [0.2, 0.25) is 0 Å². The quantitative estimate of drug-likeness (QED) is 0.734. The lowest BCUT2D eigenvalue weighted by Gasteiger charge is -2.22. The van der Waals surface area contributed by atoms with Crippen molar-refractivity contribution in [1.29, 1.82) is 0 Å². The zero-order valence-electron chi connectivity index (χ0n) is 15.6. The van der Waals surface area contributed by atoms with Crippen molar-refractivity contribution < 1.29 is 9.53 Å². The fourth-order valence-electron chi connectivity index (χ4n) is 2.75. The molecule has 1 amide bonds. The molecule has 142 valence electrons. The molecule has 0 spiro atoms. The van der Waals surface area contributed by atoms with E-state index in [-0.39, 0.29) is 36.3 Å². The number of carbonyl (C=O) groups is 1. The molecule has 3 atom stereocenters. The number of methoxy groups -OCH3 is 1. The fourth-order valence-corrected chi connectivity index (χ4v) is 2.75.